The number of carbonyl (C=O) groups excluding carboxylic acids is 1. The van der Waals surface area contributed by atoms with Gasteiger partial charge in [-0.2, -0.15) is 5.10 Å². The number of thiocarbonyl (C=S) groups is 1. The average molecular weight is 359 g/mol. The fourth-order valence-electron chi connectivity index (χ4n) is 1.79. The monoisotopic (exact) mass is 358 g/mol. The van der Waals surface area contributed by atoms with Crippen molar-refractivity contribution in [2.24, 2.45) is 7.05 Å². The number of aromatic nitrogens is 3. The van der Waals surface area contributed by atoms with Crippen LogP contribution in [0.25, 0.3) is 11.3 Å². The van der Waals surface area contributed by atoms with Crippen LogP contribution in [0.1, 0.15) is 10.4 Å². The minimum Gasteiger partial charge on any atom is -0.364 e. The van der Waals surface area contributed by atoms with E-state index in [4.69, 9.17) is 35.4 Å². The molecule has 7 nitrogen and oxygen atoms in total. The Labute approximate surface area is 142 Å². The molecular formula is C12H12Cl2N6OS. The van der Waals surface area contributed by atoms with Crippen molar-refractivity contribution in [3.63, 3.8) is 0 Å². The minimum absolute atomic E-state index is 0.226. The van der Waals surface area contributed by atoms with Crippen LogP contribution in [0, 0.1) is 0 Å². The zero-order chi connectivity index (χ0) is 16.3. The van der Waals surface area contributed by atoms with Crippen molar-refractivity contribution in [1.82, 2.24) is 30.9 Å². The number of nitrogens with one attached hydrogen (secondary N) is 3. The molecule has 116 valence electrons. The molecule has 0 unspecified atom stereocenters. The lowest BCUT2D eigenvalue weighted by Gasteiger charge is -2.10. The van der Waals surface area contributed by atoms with Gasteiger partial charge >= 0.3 is 0 Å². The molecule has 0 aromatic carbocycles. The minimum atomic E-state index is -0.398. The Morgan fingerprint density at radius 1 is 1.27 bits per heavy atom. The number of pyridine rings is 1. The predicted molar refractivity (Wildman–Crippen MR) is 88.7 cm³/mol. The lowest BCUT2D eigenvalue weighted by Crippen LogP contribution is -2.45. The predicted octanol–water partition coefficient (Wildman–Crippen LogP) is 1.53. The third kappa shape index (κ3) is 3.65. The van der Waals surface area contributed by atoms with Gasteiger partial charge < -0.3 is 5.32 Å². The molecule has 0 aliphatic carbocycles. The van der Waals surface area contributed by atoms with Gasteiger partial charge in [-0.25, -0.2) is 4.98 Å². The molecule has 0 saturated heterocycles. The summed E-state index contributed by atoms with van der Waals surface area (Å²) in [6.45, 7) is 0. The summed E-state index contributed by atoms with van der Waals surface area (Å²) in [5.41, 5.74) is 6.56. The second kappa shape index (κ2) is 6.91. The summed E-state index contributed by atoms with van der Waals surface area (Å²) in [7, 11) is 3.35. The van der Waals surface area contributed by atoms with Gasteiger partial charge in [-0.1, -0.05) is 23.2 Å². The van der Waals surface area contributed by atoms with Gasteiger partial charge in [0.25, 0.3) is 5.91 Å². The third-order valence-electron chi connectivity index (χ3n) is 2.74. The van der Waals surface area contributed by atoms with E-state index in [-0.39, 0.29) is 15.4 Å². The highest BCUT2D eigenvalue weighted by atomic mass is 35.5. The molecular weight excluding hydrogens is 347 g/mol. The Balaban J connectivity index is 2.35. The van der Waals surface area contributed by atoms with Crippen molar-refractivity contribution in [1.29, 1.82) is 0 Å². The first kappa shape index (κ1) is 16.5. The number of hydrogen-bond donors (Lipinski definition) is 3. The van der Waals surface area contributed by atoms with Crippen molar-refractivity contribution in [3.8, 4) is 11.3 Å². The van der Waals surface area contributed by atoms with Crippen LogP contribution in [0.3, 0.4) is 0 Å². The molecule has 0 atom stereocenters. The van der Waals surface area contributed by atoms with Crippen LogP contribution in [0.4, 0.5) is 0 Å². The number of hydrogen-bond acceptors (Lipinski definition) is 4. The van der Waals surface area contributed by atoms with Crippen molar-refractivity contribution in [2.75, 3.05) is 7.05 Å². The molecule has 2 heterocycles. The second-order valence-corrected chi connectivity index (χ2v) is 5.37. The van der Waals surface area contributed by atoms with Crippen molar-refractivity contribution < 1.29 is 4.79 Å². The molecule has 0 spiro atoms. The van der Waals surface area contributed by atoms with Gasteiger partial charge in [0.05, 0.1) is 17.5 Å². The fraction of sp³-hybridized carbons (Fsp3) is 0.167. The first-order chi connectivity index (χ1) is 10.4. The van der Waals surface area contributed by atoms with Crippen LogP contribution >= 0.6 is 35.4 Å². The highest BCUT2D eigenvalue weighted by molar-refractivity contribution is 7.80. The van der Waals surface area contributed by atoms with Crippen LogP contribution in [-0.2, 0) is 7.05 Å². The summed E-state index contributed by atoms with van der Waals surface area (Å²) in [5.74, 6) is -0.398. The summed E-state index contributed by atoms with van der Waals surface area (Å²) >= 11 is 16.7. The van der Waals surface area contributed by atoms with Gasteiger partial charge in [-0.3, -0.25) is 20.3 Å². The molecule has 0 aliphatic rings. The van der Waals surface area contributed by atoms with E-state index in [0.717, 1.165) is 0 Å². The third-order valence-corrected chi connectivity index (χ3v) is 3.43. The number of hydrazine groups is 1. The Bertz CT molecular complexity index is 712. The standard InChI is InChI=1S/C12H12Cl2N6OS/c1-15-12(22)19-18-11(21)7-5-16-20(2)10(7)6-3-8(13)17-9(14)4-6/h3-5H,1-2H3,(H,18,21)(H2,15,19,22). The molecule has 10 heteroatoms. The normalized spacial score (nSPS) is 10.2. The number of aryl methyl sites for hydroxylation is 1. The molecule has 0 bridgehead atoms. The lowest BCUT2D eigenvalue weighted by molar-refractivity contribution is 0.0944. The van der Waals surface area contributed by atoms with Crippen molar-refractivity contribution in [3.05, 3.63) is 34.2 Å². The molecule has 0 saturated carbocycles. The maximum absolute atomic E-state index is 12.2. The topological polar surface area (TPSA) is 83.9 Å². The van der Waals surface area contributed by atoms with E-state index in [0.29, 0.717) is 16.8 Å². The largest absolute Gasteiger partial charge is 0.364 e. The van der Waals surface area contributed by atoms with Crippen LogP contribution < -0.4 is 16.2 Å². The van der Waals surface area contributed by atoms with E-state index in [1.165, 1.54) is 6.20 Å². The van der Waals surface area contributed by atoms with Crippen LogP contribution in [-0.4, -0.2) is 32.8 Å². The number of rotatable bonds is 2. The molecule has 0 fully saturated rings. The number of halogens is 2. The Kier molecular flexibility index (Phi) is 5.17. The summed E-state index contributed by atoms with van der Waals surface area (Å²) < 4.78 is 1.55. The SMILES string of the molecule is CNC(=S)NNC(=O)c1cnn(C)c1-c1cc(Cl)nc(Cl)c1. The number of nitrogens with zero attached hydrogens (tertiary/aromatic N) is 3. The van der Waals surface area contributed by atoms with E-state index >= 15 is 0 Å². The molecule has 3 N–H and O–H groups in total. The lowest BCUT2D eigenvalue weighted by atomic mass is 10.1. The van der Waals surface area contributed by atoms with E-state index in [1.807, 2.05) is 0 Å². The Hall–Kier alpha value is -1.90. The molecule has 1 amide bonds. The quantitative estimate of drug-likeness (QED) is 0.429. The van der Waals surface area contributed by atoms with Crippen LogP contribution in [0.15, 0.2) is 18.3 Å². The molecule has 0 radical (unpaired) electrons. The maximum atomic E-state index is 12.2. The number of carbonyl (C=O) groups is 1. The summed E-state index contributed by atoms with van der Waals surface area (Å²) in [5, 5.41) is 7.51. The molecule has 2 rings (SSSR count). The maximum Gasteiger partial charge on any atom is 0.273 e. The molecule has 0 aliphatic heterocycles. The zero-order valence-corrected chi connectivity index (χ0v) is 14.0. The van der Waals surface area contributed by atoms with Gasteiger partial charge in [-0.05, 0) is 24.4 Å². The summed E-state index contributed by atoms with van der Waals surface area (Å²) in [6.07, 6.45) is 1.44. The zero-order valence-electron chi connectivity index (χ0n) is 11.6. The highest BCUT2D eigenvalue weighted by Gasteiger charge is 2.18. The first-order valence-corrected chi connectivity index (χ1v) is 7.22. The second-order valence-electron chi connectivity index (χ2n) is 4.19. The highest BCUT2D eigenvalue weighted by Crippen LogP contribution is 2.27. The van der Waals surface area contributed by atoms with E-state index in [2.05, 4.69) is 26.3 Å². The smallest absolute Gasteiger partial charge is 0.273 e. The Morgan fingerprint density at radius 3 is 2.50 bits per heavy atom. The molecule has 22 heavy (non-hydrogen) atoms. The van der Waals surface area contributed by atoms with E-state index < -0.39 is 5.91 Å². The van der Waals surface area contributed by atoms with E-state index in [1.54, 1.807) is 30.9 Å². The van der Waals surface area contributed by atoms with Crippen LogP contribution in [0.2, 0.25) is 10.3 Å². The Morgan fingerprint density at radius 2 is 1.91 bits per heavy atom. The number of amides is 1. The molecule has 2 aromatic rings. The summed E-state index contributed by atoms with van der Waals surface area (Å²) in [6, 6.07) is 3.21. The van der Waals surface area contributed by atoms with Crippen molar-refractivity contribution in [2.45, 2.75) is 0 Å². The summed E-state index contributed by atoms with van der Waals surface area (Å²) in [4.78, 5) is 16.1. The van der Waals surface area contributed by atoms with Gasteiger partial charge in [0.2, 0.25) is 0 Å². The van der Waals surface area contributed by atoms with Crippen molar-refractivity contribution >= 4 is 46.4 Å². The van der Waals surface area contributed by atoms with Crippen LogP contribution in [0.5, 0.6) is 0 Å². The van der Waals surface area contributed by atoms with Gasteiger partial charge in [0.15, 0.2) is 5.11 Å². The molecule has 2 aromatic heterocycles. The van der Waals surface area contributed by atoms with Gasteiger partial charge in [0, 0.05) is 19.7 Å². The van der Waals surface area contributed by atoms with Gasteiger partial charge in [0.1, 0.15) is 10.3 Å². The average Bonchev–Trinajstić information content (AvgIpc) is 2.85. The van der Waals surface area contributed by atoms with E-state index in [9.17, 15) is 4.79 Å². The van der Waals surface area contributed by atoms with Gasteiger partial charge in [-0.15, -0.1) is 0 Å². The fourth-order valence-corrected chi connectivity index (χ4v) is 2.30. The first-order valence-electron chi connectivity index (χ1n) is 6.06.